The molecule has 6 nitrogen and oxygen atoms in total. The Morgan fingerprint density at radius 1 is 1.11 bits per heavy atom. The number of thioether (sulfide) groups is 1. The summed E-state index contributed by atoms with van der Waals surface area (Å²) in [5.74, 6) is 0.809. The first-order chi connectivity index (χ1) is 13.0. The molecule has 138 valence electrons. The van der Waals surface area contributed by atoms with Crippen LogP contribution in [-0.4, -0.2) is 27.6 Å². The molecule has 0 bridgehead atoms. The van der Waals surface area contributed by atoms with Gasteiger partial charge in [0.25, 0.3) is 5.22 Å². The highest BCUT2D eigenvalue weighted by atomic mass is 79.9. The first-order valence-corrected chi connectivity index (χ1v) is 9.93. The summed E-state index contributed by atoms with van der Waals surface area (Å²) >= 11 is 4.78. The largest absolute Gasteiger partial charge is 0.411 e. The van der Waals surface area contributed by atoms with Crippen LogP contribution in [0.3, 0.4) is 0 Å². The van der Waals surface area contributed by atoms with E-state index in [-0.39, 0.29) is 11.7 Å². The number of carbonyl (C=O) groups excluding carboxylic acids is 2. The Hall–Kier alpha value is -2.45. The van der Waals surface area contributed by atoms with Gasteiger partial charge in [0.15, 0.2) is 5.78 Å². The lowest BCUT2D eigenvalue weighted by molar-refractivity contribution is -0.115. The van der Waals surface area contributed by atoms with Crippen LogP contribution in [0.15, 0.2) is 62.6 Å². The minimum absolute atomic E-state index is 0.00858. The van der Waals surface area contributed by atoms with Crippen LogP contribution in [0.2, 0.25) is 0 Å². The Morgan fingerprint density at radius 3 is 2.56 bits per heavy atom. The molecule has 0 atom stereocenters. The number of carbonyl (C=O) groups is 2. The number of hydrogen-bond acceptors (Lipinski definition) is 6. The number of hydrogen-bond donors (Lipinski definition) is 1. The van der Waals surface area contributed by atoms with Gasteiger partial charge in [-0.15, -0.1) is 10.2 Å². The molecule has 0 aliphatic heterocycles. The van der Waals surface area contributed by atoms with E-state index in [0.717, 1.165) is 10.0 Å². The molecule has 1 amide bonds. The molecule has 0 saturated heterocycles. The van der Waals surface area contributed by atoms with E-state index in [2.05, 4.69) is 31.4 Å². The SMILES string of the molecule is CC(=O)c1ccc(NC(=O)CCSc2nnc(-c3ccccc3Br)o2)cc1. The van der Waals surface area contributed by atoms with Crippen LogP contribution >= 0.6 is 27.7 Å². The van der Waals surface area contributed by atoms with E-state index < -0.39 is 0 Å². The molecular formula is C19H16BrN3O3S. The summed E-state index contributed by atoms with van der Waals surface area (Å²) in [6, 6.07) is 14.4. The molecule has 27 heavy (non-hydrogen) atoms. The van der Waals surface area contributed by atoms with Crippen molar-refractivity contribution in [1.82, 2.24) is 10.2 Å². The molecule has 0 unspecified atom stereocenters. The zero-order valence-electron chi connectivity index (χ0n) is 14.4. The number of aromatic nitrogens is 2. The van der Waals surface area contributed by atoms with Gasteiger partial charge in [0.05, 0.1) is 5.56 Å². The summed E-state index contributed by atoms with van der Waals surface area (Å²) in [5, 5.41) is 11.3. The van der Waals surface area contributed by atoms with Gasteiger partial charge in [-0.3, -0.25) is 9.59 Å². The van der Waals surface area contributed by atoms with Gasteiger partial charge >= 0.3 is 0 Å². The normalized spacial score (nSPS) is 10.6. The lowest BCUT2D eigenvalue weighted by Crippen LogP contribution is -2.12. The van der Waals surface area contributed by atoms with E-state index in [1.165, 1.54) is 18.7 Å². The predicted octanol–water partition coefficient (Wildman–Crippen LogP) is 4.82. The van der Waals surface area contributed by atoms with Gasteiger partial charge in [0.1, 0.15) is 0 Å². The Kier molecular flexibility index (Phi) is 6.41. The summed E-state index contributed by atoms with van der Waals surface area (Å²) < 4.78 is 6.51. The van der Waals surface area contributed by atoms with Crippen molar-refractivity contribution in [3.63, 3.8) is 0 Å². The molecule has 0 fully saturated rings. The zero-order chi connectivity index (χ0) is 19.2. The standard InChI is InChI=1S/C19H16BrN3O3S/c1-12(24)13-6-8-14(9-7-13)21-17(25)10-11-27-19-23-22-18(26-19)15-4-2-3-5-16(15)20/h2-9H,10-11H2,1H3,(H,21,25). The third-order valence-corrected chi connectivity index (χ3v) is 5.15. The van der Waals surface area contributed by atoms with Crippen molar-refractivity contribution in [3.05, 3.63) is 58.6 Å². The topological polar surface area (TPSA) is 85.1 Å². The van der Waals surface area contributed by atoms with Gasteiger partial charge in [0, 0.05) is 27.9 Å². The van der Waals surface area contributed by atoms with Gasteiger partial charge in [-0.2, -0.15) is 0 Å². The maximum Gasteiger partial charge on any atom is 0.276 e. The highest BCUT2D eigenvalue weighted by Crippen LogP contribution is 2.29. The quantitative estimate of drug-likeness (QED) is 0.414. The van der Waals surface area contributed by atoms with Crippen molar-refractivity contribution in [1.29, 1.82) is 0 Å². The van der Waals surface area contributed by atoms with Crippen molar-refractivity contribution < 1.29 is 14.0 Å². The second-order valence-electron chi connectivity index (χ2n) is 5.63. The van der Waals surface area contributed by atoms with Gasteiger partial charge < -0.3 is 9.73 Å². The minimum atomic E-state index is -0.122. The lowest BCUT2D eigenvalue weighted by Gasteiger charge is -2.05. The third-order valence-electron chi connectivity index (χ3n) is 3.64. The second kappa shape index (κ2) is 8.96. The number of Topliss-reactive ketones (excluding diaryl/α,β-unsaturated/α-hetero) is 1. The lowest BCUT2D eigenvalue weighted by atomic mass is 10.1. The number of ketones is 1. The molecule has 0 aliphatic rings. The average Bonchev–Trinajstić information content (AvgIpc) is 3.11. The molecule has 1 heterocycles. The summed E-state index contributed by atoms with van der Waals surface area (Å²) in [6.45, 7) is 1.50. The van der Waals surface area contributed by atoms with Crippen molar-refractivity contribution in [3.8, 4) is 11.5 Å². The Balaban J connectivity index is 1.49. The number of halogens is 1. The van der Waals surface area contributed by atoms with Crippen LogP contribution in [0.1, 0.15) is 23.7 Å². The fraction of sp³-hybridized carbons (Fsp3) is 0.158. The Morgan fingerprint density at radius 2 is 1.85 bits per heavy atom. The Bertz CT molecular complexity index is 957. The first-order valence-electron chi connectivity index (χ1n) is 8.15. The van der Waals surface area contributed by atoms with E-state index in [1.54, 1.807) is 24.3 Å². The maximum absolute atomic E-state index is 12.0. The van der Waals surface area contributed by atoms with Gasteiger partial charge in [0.2, 0.25) is 11.8 Å². The fourth-order valence-corrected chi connectivity index (χ4v) is 3.41. The zero-order valence-corrected chi connectivity index (χ0v) is 16.8. The highest BCUT2D eigenvalue weighted by Gasteiger charge is 2.12. The molecule has 0 spiro atoms. The van der Waals surface area contributed by atoms with Gasteiger partial charge in [-0.05, 0) is 59.3 Å². The molecule has 1 aromatic heterocycles. The highest BCUT2D eigenvalue weighted by molar-refractivity contribution is 9.10. The fourth-order valence-electron chi connectivity index (χ4n) is 2.25. The van der Waals surface area contributed by atoms with Crippen molar-refractivity contribution in [2.45, 2.75) is 18.6 Å². The molecule has 2 aromatic carbocycles. The van der Waals surface area contributed by atoms with Crippen LogP contribution in [0.4, 0.5) is 5.69 Å². The summed E-state index contributed by atoms with van der Waals surface area (Å²) in [6.07, 6.45) is 0.297. The van der Waals surface area contributed by atoms with E-state index in [4.69, 9.17) is 4.42 Å². The molecular weight excluding hydrogens is 430 g/mol. The number of nitrogens with zero attached hydrogens (tertiary/aromatic N) is 2. The molecule has 0 aliphatic carbocycles. The van der Waals surface area contributed by atoms with Crippen LogP contribution in [0, 0.1) is 0 Å². The smallest absolute Gasteiger partial charge is 0.276 e. The Labute approximate surface area is 168 Å². The minimum Gasteiger partial charge on any atom is -0.411 e. The number of nitrogens with one attached hydrogen (secondary N) is 1. The van der Waals surface area contributed by atoms with E-state index in [1.807, 2.05) is 24.3 Å². The van der Waals surface area contributed by atoms with Crippen molar-refractivity contribution in [2.75, 3.05) is 11.1 Å². The molecule has 3 aromatic rings. The monoisotopic (exact) mass is 445 g/mol. The first kappa shape index (κ1) is 19.3. The van der Waals surface area contributed by atoms with Gasteiger partial charge in [-0.1, -0.05) is 23.9 Å². The third kappa shape index (κ3) is 5.27. The molecule has 3 rings (SSSR count). The summed E-state index contributed by atoms with van der Waals surface area (Å²) in [7, 11) is 0. The number of amides is 1. The second-order valence-corrected chi connectivity index (χ2v) is 7.53. The van der Waals surface area contributed by atoms with E-state index >= 15 is 0 Å². The maximum atomic E-state index is 12.0. The van der Waals surface area contributed by atoms with Crippen LogP contribution in [0.25, 0.3) is 11.5 Å². The average molecular weight is 446 g/mol. The number of rotatable bonds is 7. The van der Waals surface area contributed by atoms with Crippen molar-refractivity contribution in [2.24, 2.45) is 0 Å². The molecule has 1 N–H and O–H groups in total. The molecule has 0 radical (unpaired) electrons. The van der Waals surface area contributed by atoms with E-state index in [9.17, 15) is 9.59 Å². The number of benzene rings is 2. The molecule has 0 saturated carbocycles. The summed E-state index contributed by atoms with van der Waals surface area (Å²) in [5.41, 5.74) is 2.09. The van der Waals surface area contributed by atoms with Crippen LogP contribution in [0.5, 0.6) is 0 Å². The van der Waals surface area contributed by atoms with E-state index in [0.29, 0.717) is 34.5 Å². The molecule has 8 heteroatoms. The van der Waals surface area contributed by atoms with Gasteiger partial charge in [-0.25, -0.2) is 0 Å². The van der Waals surface area contributed by atoms with Crippen molar-refractivity contribution >= 4 is 45.1 Å². The van der Waals surface area contributed by atoms with Crippen LogP contribution < -0.4 is 5.32 Å². The number of anilines is 1. The van der Waals surface area contributed by atoms with Crippen LogP contribution in [-0.2, 0) is 4.79 Å². The predicted molar refractivity (Wildman–Crippen MR) is 108 cm³/mol. The summed E-state index contributed by atoms with van der Waals surface area (Å²) in [4.78, 5) is 23.3.